The molecule has 7 heteroatoms. The molecule has 1 aliphatic rings. The molecule has 1 aliphatic heterocycles. The molecule has 0 amide bonds. The lowest BCUT2D eigenvalue weighted by Crippen LogP contribution is -2.32. The lowest BCUT2D eigenvalue weighted by Gasteiger charge is -2.27. The summed E-state index contributed by atoms with van der Waals surface area (Å²) in [4.78, 5) is 15.9. The fourth-order valence-corrected chi connectivity index (χ4v) is 2.51. The zero-order valence-corrected chi connectivity index (χ0v) is 14.5. The van der Waals surface area contributed by atoms with Crippen LogP contribution in [-0.4, -0.2) is 51.8 Å². The number of piperidine rings is 1. The Morgan fingerprint density at radius 2 is 1.65 bits per heavy atom. The number of aliphatic hydroxyl groups is 1. The van der Waals surface area contributed by atoms with E-state index in [1.165, 1.54) is 19.3 Å². The first-order valence-electron chi connectivity index (χ1n) is 8.81. The normalized spacial score (nSPS) is 17.7. The standard InChI is InChI=1S/C16H30N6O/c1-4-12(3)17-14-19-15(18-13(5-2)11-23)21-16(20-14)22-9-7-6-8-10-22/h12-13,23H,4-11H2,1-3H3,(H2,17,18,19,20,21)/t12?,13-/m1/s1. The summed E-state index contributed by atoms with van der Waals surface area (Å²) in [6.45, 7) is 8.31. The van der Waals surface area contributed by atoms with Crippen molar-refractivity contribution in [1.82, 2.24) is 15.0 Å². The van der Waals surface area contributed by atoms with Crippen molar-refractivity contribution in [3.8, 4) is 0 Å². The third-order valence-electron chi connectivity index (χ3n) is 4.30. The van der Waals surface area contributed by atoms with Crippen LogP contribution in [0.2, 0.25) is 0 Å². The second kappa shape index (κ2) is 8.86. The minimum absolute atomic E-state index is 0.0388. The minimum atomic E-state index is -0.0388. The maximum Gasteiger partial charge on any atom is 0.231 e. The lowest BCUT2D eigenvalue weighted by atomic mass is 10.1. The van der Waals surface area contributed by atoms with Crippen molar-refractivity contribution in [3.63, 3.8) is 0 Å². The van der Waals surface area contributed by atoms with Crippen LogP contribution in [-0.2, 0) is 0 Å². The Hall–Kier alpha value is -1.63. The van der Waals surface area contributed by atoms with Crippen molar-refractivity contribution in [2.24, 2.45) is 0 Å². The summed E-state index contributed by atoms with van der Waals surface area (Å²) < 4.78 is 0. The van der Waals surface area contributed by atoms with Gasteiger partial charge >= 0.3 is 0 Å². The fourth-order valence-electron chi connectivity index (χ4n) is 2.51. The highest BCUT2D eigenvalue weighted by Gasteiger charge is 2.17. The number of anilines is 3. The van der Waals surface area contributed by atoms with E-state index in [1.807, 2.05) is 6.92 Å². The zero-order valence-electron chi connectivity index (χ0n) is 14.5. The molecule has 3 N–H and O–H groups in total. The average Bonchev–Trinajstić information content (AvgIpc) is 2.60. The zero-order chi connectivity index (χ0) is 16.7. The molecule has 1 aromatic heterocycles. The van der Waals surface area contributed by atoms with E-state index in [2.05, 4.69) is 44.3 Å². The molecule has 1 fully saturated rings. The van der Waals surface area contributed by atoms with Crippen LogP contribution in [0.25, 0.3) is 0 Å². The summed E-state index contributed by atoms with van der Waals surface area (Å²) in [6.07, 6.45) is 5.44. The molecule has 23 heavy (non-hydrogen) atoms. The van der Waals surface area contributed by atoms with Crippen LogP contribution >= 0.6 is 0 Å². The van der Waals surface area contributed by atoms with Crippen molar-refractivity contribution in [1.29, 1.82) is 0 Å². The van der Waals surface area contributed by atoms with Crippen molar-refractivity contribution in [3.05, 3.63) is 0 Å². The Bertz CT molecular complexity index is 474. The summed E-state index contributed by atoms with van der Waals surface area (Å²) in [7, 11) is 0. The van der Waals surface area contributed by atoms with Gasteiger partial charge in [-0.15, -0.1) is 0 Å². The maximum absolute atomic E-state index is 9.40. The smallest absolute Gasteiger partial charge is 0.231 e. The van der Waals surface area contributed by atoms with Gasteiger partial charge in [-0.25, -0.2) is 0 Å². The second-order valence-electron chi connectivity index (χ2n) is 6.22. The molecular formula is C16H30N6O. The Kier molecular flexibility index (Phi) is 6.83. The molecular weight excluding hydrogens is 292 g/mol. The van der Waals surface area contributed by atoms with Gasteiger partial charge < -0.3 is 20.6 Å². The molecule has 2 heterocycles. The summed E-state index contributed by atoms with van der Waals surface area (Å²) in [5.74, 6) is 1.86. The molecule has 0 aliphatic carbocycles. The van der Waals surface area contributed by atoms with E-state index in [9.17, 15) is 5.11 Å². The highest BCUT2D eigenvalue weighted by molar-refractivity contribution is 5.44. The van der Waals surface area contributed by atoms with Crippen molar-refractivity contribution < 1.29 is 5.11 Å². The Labute approximate surface area is 138 Å². The Balaban J connectivity index is 2.22. The predicted molar refractivity (Wildman–Crippen MR) is 94.1 cm³/mol. The minimum Gasteiger partial charge on any atom is -0.394 e. The fraction of sp³-hybridized carbons (Fsp3) is 0.812. The maximum atomic E-state index is 9.40. The number of aliphatic hydroxyl groups excluding tert-OH is 1. The Morgan fingerprint density at radius 3 is 2.22 bits per heavy atom. The van der Waals surface area contributed by atoms with Crippen molar-refractivity contribution >= 4 is 17.8 Å². The van der Waals surface area contributed by atoms with Gasteiger partial charge in [-0.3, -0.25) is 0 Å². The van der Waals surface area contributed by atoms with Crippen LogP contribution in [0.1, 0.15) is 52.9 Å². The molecule has 0 spiro atoms. The van der Waals surface area contributed by atoms with Crippen molar-refractivity contribution in [2.45, 2.75) is 65.0 Å². The molecule has 0 saturated carbocycles. The third-order valence-corrected chi connectivity index (χ3v) is 4.30. The number of hydrogen-bond acceptors (Lipinski definition) is 7. The van der Waals surface area contributed by atoms with E-state index in [4.69, 9.17) is 0 Å². The predicted octanol–water partition coefficient (Wildman–Crippen LogP) is 2.26. The molecule has 7 nitrogen and oxygen atoms in total. The van der Waals surface area contributed by atoms with Crippen LogP contribution in [0.3, 0.4) is 0 Å². The van der Waals surface area contributed by atoms with Gasteiger partial charge in [-0.1, -0.05) is 13.8 Å². The van der Waals surface area contributed by atoms with E-state index in [-0.39, 0.29) is 12.6 Å². The van der Waals surface area contributed by atoms with Gasteiger partial charge in [0.15, 0.2) is 0 Å². The average molecular weight is 322 g/mol. The second-order valence-corrected chi connectivity index (χ2v) is 6.22. The molecule has 1 unspecified atom stereocenters. The van der Waals surface area contributed by atoms with Gasteiger partial charge in [0.25, 0.3) is 0 Å². The largest absolute Gasteiger partial charge is 0.394 e. The van der Waals surface area contributed by atoms with E-state index in [0.717, 1.165) is 31.9 Å². The molecule has 130 valence electrons. The molecule has 0 bridgehead atoms. The van der Waals surface area contributed by atoms with Gasteiger partial charge in [0, 0.05) is 19.1 Å². The summed E-state index contributed by atoms with van der Waals surface area (Å²) >= 11 is 0. The molecule has 2 rings (SSSR count). The summed E-state index contributed by atoms with van der Waals surface area (Å²) in [5.41, 5.74) is 0. The molecule has 1 saturated heterocycles. The lowest BCUT2D eigenvalue weighted by molar-refractivity contribution is 0.271. The van der Waals surface area contributed by atoms with Crippen LogP contribution < -0.4 is 15.5 Å². The van der Waals surface area contributed by atoms with Crippen LogP contribution in [0.4, 0.5) is 17.8 Å². The van der Waals surface area contributed by atoms with Gasteiger partial charge in [-0.05, 0) is 39.0 Å². The first kappa shape index (κ1) is 17.7. The monoisotopic (exact) mass is 322 g/mol. The molecule has 1 aromatic rings. The molecule has 2 atom stereocenters. The van der Waals surface area contributed by atoms with Gasteiger partial charge in [0.1, 0.15) is 0 Å². The van der Waals surface area contributed by atoms with Crippen LogP contribution in [0.15, 0.2) is 0 Å². The summed E-state index contributed by atoms with van der Waals surface area (Å²) in [5, 5.41) is 15.9. The van der Waals surface area contributed by atoms with E-state index < -0.39 is 0 Å². The number of nitrogens with one attached hydrogen (secondary N) is 2. The number of nitrogens with zero attached hydrogens (tertiary/aromatic N) is 4. The van der Waals surface area contributed by atoms with Gasteiger partial charge in [-0.2, -0.15) is 15.0 Å². The first-order valence-corrected chi connectivity index (χ1v) is 8.81. The SMILES string of the molecule is CCC(C)Nc1nc(N[C@H](CC)CO)nc(N2CCCCC2)n1. The topological polar surface area (TPSA) is 86.2 Å². The van der Waals surface area contributed by atoms with Crippen LogP contribution in [0.5, 0.6) is 0 Å². The van der Waals surface area contributed by atoms with Gasteiger partial charge in [0.2, 0.25) is 17.8 Å². The Morgan fingerprint density at radius 1 is 1.00 bits per heavy atom. The third kappa shape index (κ3) is 5.20. The molecule has 0 radical (unpaired) electrons. The quantitative estimate of drug-likeness (QED) is 0.676. The van der Waals surface area contributed by atoms with Crippen molar-refractivity contribution in [2.75, 3.05) is 35.2 Å². The number of aromatic nitrogens is 3. The van der Waals surface area contributed by atoms with E-state index in [0.29, 0.717) is 17.9 Å². The molecule has 0 aromatic carbocycles. The van der Waals surface area contributed by atoms with Crippen LogP contribution in [0, 0.1) is 0 Å². The number of hydrogen-bond donors (Lipinski definition) is 3. The number of rotatable bonds is 8. The summed E-state index contributed by atoms with van der Waals surface area (Å²) in [6, 6.07) is 0.266. The highest BCUT2D eigenvalue weighted by atomic mass is 16.3. The van der Waals surface area contributed by atoms with E-state index >= 15 is 0 Å². The van der Waals surface area contributed by atoms with E-state index in [1.54, 1.807) is 0 Å². The first-order chi connectivity index (χ1) is 11.2. The van der Waals surface area contributed by atoms with Gasteiger partial charge in [0.05, 0.1) is 12.6 Å². The highest BCUT2D eigenvalue weighted by Crippen LogP contribution is 2.19.